The Kier molecular flexibility index (Phi) is 36.4. The van der Waals surface area contributed by atoms with E-state index in [-0.39, 0.29) is 32.1 Å². The molecule has 1 saturated carbocycles. The van der Waals surface area contributed by atoms with Crippen LogP contribution in [0.2, 0.25) is 0 Å². The third-order valence-electron chi connectivity index (χ3n) is 10.6. The number of rotatable bonds is 38. The van der Waals surface area contributed by atoms with Gasteiger partial charge in [0, 0.05) is 12.8 Å². The molecule has 0 saturated heterocycles. The van der Waals surface area contributed by atoms with Crippen molar-refractivity contribution >= 4 is 19.8 Å². The number of phosphoric acid groups is 1. The summed E-state index contributed by atoms with van der Waals surface area (Å²) < 4.78 is 33.3. The lowest BCUT2D eigenvalue weighted by molar-refractivity contribution is -0.220. The molecule has 1 aliphatic carbocycles. The van der Waals surface area contributed by atoms with Crippen molar-refractivity contribution in [2.75, 3.05) is 13.2 Å². The van der Waals surface area contributed by atoms with Crippen molar-refractivity contribution in [1.29, 1.82) is 0 Å². The van der Waals surface area contributed by atoms with E-state index in [0.29, 0.717) is 19.3 Å². The maximum Gasteiger partial charge on any atom is 0.472 e. The van der Waals surface area contributed by atoms with Crippen molar-refractivity contribution in [1.82, 2.24) is 0 Å². The maximum atomic E-state index is 12.8. The predicted molar refractivity (Wildman–Crippen MR) is 260 cm³/mol. The van der Waals surface area contributed by atoms with E-state index in [2.05, 4.69) is 74.6 Å². The van der Waals surface area contributed by atoms with Crippen molar-refractivity contribution < 1.29 is 73.3 Å². The number of carbonyl (C=O) groups is 2. The highest BCUT2D eigenvalue weighted by Crippen LogP contribution is 2.47. The van der Waals surface area contributed by atoms with E-state index >= 15 is 0 Å². The summed E-state index contributed by atoms with van der Waals surface area (Å²) >= 11 is 0. The highest BCUT2D eigenvalue weighted by Gasteiger charge is 2.51. The summed E-state index contributed by atoms with van der Waals surface area (Å²) in [5.41, 5.74) is 0. The molecule has 0 aromatic heterocycles. The number of unbranched alkanes of at least 4 members (excludes halogenated alkanes) is 6. The van der Waals surface area contributed by atoms with Gasteiger partial charge in [-0.3, -0.25) is 18.6 Å². The highest BCUT2D eigenvalue weighted by molar-refractivity contribution is 7.47. The van der Waals surface area contributed by atoms with Gasteiger partial charge in [0.1, 0.15) is 43.2 Å². The summed E-state index contributed by atoms with van der Waals surface area (Å²) in [4.78, 5) is 35.8. The van der Waals surface area contributed by atoms with E-state index in [4.69, 9.17) is 18.5 Å². The fraction of sp³-hybridized carbons (Fsp3) is 0.647. The Morgan fingerprint density at radius 1 is 0.522 bits per heavy atom. The molecule has 67 heavy (non-hydrogen) atoms. The van der Waals surface area contributed by atoms with Gasteiger partial charge in [-0.2, -0.15) is 0 Å². The quantitative estimate of drug-likeness (QED) is 0.0127. The maximum absolute atomic E-state index is 12.8. The minimum Gasteiger partial charge on any atom is -0.462 e. The van der Waals surface area contributed by atoms with Crippen LogP contribution >= 0.6 is 7.82 Å². The second-order valence-corrected chi connectivity index (χ2v) is 18.0. The van der Waals surface area contributed by atoms with E-state index < -0.39 is 87.9 Å². The lowest BCUT2D eigenvalue weighted by atomic mass is 9.85. The van der Waals surface area contributed by atoms with Gasteiger partial charge in [-0.1, -0.05) is 137 Å². The number of esters is 2. The van der Waals surface area contributed by atoms with E-state index in [1.54, 1.807) is 6.08 Å². The lowest BCUT2D eigenvalue weighted by Crippen LogP contribution is -2.64. The molecule has 382 valence electrons. The Bertz CT molecular complexity index is 1570. The first-order chi connectivity index (χ1) is 32.2. The zero-order valence-electron chi connectivity index (χ0n) is 39.9. The average Bonchev–Trinajstić information content (AvgIpc) is 3.30. The van der Waals surface area contributed by atoms with Crippen LogP contribution < -0.4 is 0 Å². The molecule has 5 unspecified atom stereocenters. The molecule has 0 amide bonds. The smallest absolute Gasteiger partial charge is 0.462 e. The number of aliphatic hydroxyl groups is 7. The standard InChI is InChI=1S/C51H83O15P/c1-3-5-7-9-11-13-15-17-18-19-20-21-22-23-25-27-29-31-33-37-44(54)63-39-41(40-64-67(61,62)66-51-49(59)47(57)46(56)48(58)50(51)60)65-45(55)38-34-36-43(53)42(52)35-32-30-28-26-24-16-14-12-10-8-6-4-2/h11-14,17-18,20-21,23-26,29-32,41-43,46-53,56-60H,3-10,15-16,19,22,27-28,33-40H2,1-2H3,(H,61,62)/b13-11-,14-12-,18-17-,21-20-,25-23-,26-24-,31-29-,32-30-/t41-,42?,43?,46?,47-,48+,49-,50-,51?/m1/s1. The fourth-order valence-electron chi connectivity index (χ4n) is 6.55. The summed E-state index contributed by atoms with van der Waals surface area (Å²) in [6.45, 7) is 2.92. The summed E-state index contributed by atoms with van der Waals surface area (Å²) in [5.74, 6) is -1.49. The number of aliphatic hydroxyl groups excluding tert-OH is 7. The van der Waals surface area contributed by atoms with Crippen LogP contribution in [0.15, 0.2) is 97.2 Å². The molecule has 16 heteroatoms. The first-order valence-electron chi connectivity index (χ1n) is 24.2. The van der Waals surface area contributed by atoms with Gasteiger partial charge >= 0.3 is 19.8 Å². The lowest BCUT2D eigenvalue weighted by Gasteiger charge is -2.41. The number of ether oxygens (including phenoxy) is 2. The van der Waals surface area contributed by atoms with Crippen LogP contribution in [0.25, 0.3) is 0 Å². The Morgan fingerprint density at radius 2 is 0.955 bits per heavy atom. The largest absolute Gasteiger partial charge is 0.472 e. The molecule has 0 aromatic rings. The van der Waals surface area contributed by atoms with Crippen LogP contribution in [-0.2, 0) is 32.7 Å². The predicted octanol–water partition coefficient (Wildman–Crippen LogP) is 7.77. The van der Waals surface area contributed by atoms with Gasteiger partial charge in [0.2, 0.25) is 0 Å². The number of hydrogen-bond donors (Lipinski definition) is 8. The first-order valence-corrected chi connectivity index (χ1v) is 25.7. The van der Waals surface area contributed by atoms with Crippen molar-refractivity contribution in [3.63, 3.8) is 0 Å². The van der Waals surface area contributed by atoms with E-state index in [1.807, 2.05) is 30.4 Å². The van der Waals surface area contributed by atoms with Gasteiger partial charge in [-0.05, 0) is 89.9 Å². The number of phosphoric ester groups is 1. The van der Waals surface area contributed by atoms with E-state index in [9.17, 15) is 54.8 Å². The SMILES string of the molecule is CCCCC/C=C\C/C=C\C/C=C\C/C=C\C/C=C\CCC(=O)OC[C@H](COP(=O)(O)OC1[C@H](O)[C@H](O)C(O)[C@H](O)[C@H]1O)OC(=O)CCCC(O)C(O)C/C=C\C/C=C\C/C=C\CCCCC. The average molecular weight is 967 g/mol. The molecular formula is C51H83O15P. The summed E-state index contributed by atoms with van der Waals surface area (Å²) in [7, 11) is -5.23. The van der Waals surface area contributed by atoms with Crippen molar-refractivity contribution in [2.24, 2.45) is 0 Å². The van der Waals surface area contributed by atoms with Crippen LogP contribution in [0.1, 0.15) is 142 Å². The Labute approximate surface area is 399 Å². The van der Waals surface area contributed by atoms with Gasteiger partial charge < -0.3 is 50.1 Å². The van der Waals surface area contributed by atoms with Crippen molar-refractivity contribution in [3.05, 3.63) is 97.2 Å². The molecule has 0 aliphatic heterocycles. The fourth-order valence-corrected chi connectivity index (χ4v) is 7.52. The van der Waals surface area contributed by atoms with E-state index in [1.165, 1.54) is 38.5 Å². The highest BCUT2D eigenvalue weighted by atomic mass is 31.2. The third kappa shape index (κ3) is 31.4. The van der Waals surface area contributed by atoms with Crippen LogP contribution in [0.5, 0.6) is 0 Å². The molecule has 0 spiro atoms. The second-order valence-electron chi connectivity index (χ2n) is 16.6. The first kappa shape index (κ1) is 61.7. The molecule has 0 aromatic carbocycles. The Balaban J connectivity index is 2.62. The van der Waals surface area contributed by atoms with Crippen LogP contribution in [0.4, 0.5) is 0 Å². The topological polar surface area (TPSA) is 250 Å². The van der Waals surface area contributed by atoms with Crippen LogP contribution in [0, 0.1) is 0 Å². The molecule has 1 aliphatic rings. The third-order valence-corrected chi connectivity index (χ3v) is 11.6. The van der Waals surface area contributed by atoms with Gasteiger partial charge in [0.25, 0.3) is 0 Å². The molecule has 10 atom stereocenters. The molecule has 0 heterocycles. The Hall–Kier alpha value is -3.31. The van der Waals surface area contributed by atoms with E-state index in [0.717, 1.165) is 38.5 Å². The van der Waals surface area contributed by atoms with Crippen molar-refractivity contribution in [3.8, 4) is 0 Å². The molecule has 8 N–H and O–H groups in total. The monoisotopic (exact) mass is 967 g/mol. The molecule has 0 bridgehead atoms. The summed E-state index contributed by atoms with van der Waals surface area (Å²) in [6.07, 6.45) is 31.8. The molecule has 0 radical (unpaired) electrons. The molecule has 1 fully saturated rings. The summed E-state index contributed by atoms with van der Waals surface area (Å²) in [5, 5.41) is 71.0. The number of carbonyl (C=O) groups excluding carboxylic acids is 2. The van der Waals surface area contributed by atoms with Gasteiger partial charge in [-0.25, -0.2) is 4.57 Å². The second kappa shape index (κ2) is 39.5. The van der Waals surface area contributed by atoms with Gasteiger partial charge in [0.05, 0.1) is 18.8 Å². The number of allylic oxidation sites excluding steroid dienone is 15. The van der Waals surface area contributed by atoms with Gasteiger partial charge in [0.15, 0.2) is 6.10 Å². The molecule has 1 rings (SSSR count). The Morgan fingerprint density at radius 3 is 1.43 bits per heavy atom. The zero-order chi connectivity index (χ0) is 49.5. The van der Waals surface area contributed by atoms with Crippen LogP contribution in [0.3, 0.4) is 0 Å². The summed E-state index contributed by atoms with van der Waals surface area (Å²) in [6, 6.07) is 0. The molecular weight excluding hydrogens is 884 g/mol. The van der Waals surface area contributed by atoms with Crippen molar-refractivity contribution in [2.45, 2.75) is 197 Å². The van der Waals surface area contributed by atoms with Gasteiger partial charge in [-0.15, -0.1) is 0 Å². The minimum atomic E-state index is -5.23. The molecule has 15 nitrogen and oxygen atoms in total. The normalized spacial score (nSPS) is 23.0. The number of hydrogen-bond acceptors (Lipinski definition) is 14. The minimum absolute atomic E-state index is 0.0227. The zero-order valence-corrected chi connectivity index (χ0v) is 40.8. The van der Waals surface area contributed by atoms with Crippen LogP contribution in [-0.4, -0.2) is 121 Å².